The van der Waals surface area contributed by atoms with E-state index in [1.165, 1.54) is 6.08 Å². The molecule has 0 bridgehead atoms. The zero-order chi connectivity index (χ0) is 21.5. The average molecular weight is 407 g/mol. The minimum Gasteiger partial charge on any atom is -0.497 e. The van der Waals surface area contributed by atoms with Gasteiger partial charge in [0.25, 0.3) is 0 Å². The molecule has 3 aromatic rings. The summed E-state index contributed by atoms with van der Waals surface area (Å²) in [5.41, 5.74) is 1.60. The van der Waals surface area contributed by atoms with E-state index in [1.54, 1.807) is 51.8 Å². The predicted octanol–water partition coefficient (Wildman–Crippen LogP) is 3.36. The van der Waals surface area contributed by atoms with E-state index in [9.17, 15) is 4.79 Å². The molecule has 7 nitrogen and oxygen atoms in total. The summed E-state index contributed by atoms with van der Waals surface area (Å²) in [7, 11) is 6.67. The molecule has 1 N–H and O–H groups in total. The third kappa shape index (κ3) is 4.81. The number of benzene rings is 2. The number of aryl methyl sites for hydroxylation is 1. The van der Waals surface area contributed by atoms with E-state index in [1.807, 2.05) is 42.1 Å². The molecule has 1 heterocycles. The quantitative estimate of drug-likeness (QED) is 0.580. The van der Waals surface area contributed by atoms with E-state index in [4.69, 9.17) is 14.2 Å². The molecule has 2 aromatic carbocycles. The monoisotopic (exact) mass is 407 g/mol. The highest BCUT2D eigenvalue weighted by atomic mass is 16.5. The summed E-state index contributed by atoms with van der Waals surface area (Å²) in [6.45, 7) is 0. The molecular weight excluding hydrogens is 382 g/mol. The lowest BCUT2D eigenvalue weighted by atomic mass is 10.1. The summed E-state index contributed by atoms with van der Waals surface area (Å²) in [5.74, 6) is 2.48. The number of hydrogen-bond acceptors (Lipinski definition) is 5. The Morgan fingerprint density at radius 1 is 1.07 bits per heavy atom. The number of methoxy groups -OCH3 is 3. The molecule has 1 atom stereocenters. The van der Waals surface area contributed by atoms with E-state index in [0.717, 1.165) is 11.1 Å². The molecule has 0 aliphatic heterocycles. The van der Waals surface area contributed by atoms with E-state index >= 15 is 0 Å². The van der Waals surface area contributed by atoms with Gasteiger partial charge in [0.15, 0.2) is 0 Å². The maximum atomic E-state index is 12.8. The van der Waals surface area contributed by atoms with Crippen molar-refractivity contribution in [1.29, 1.82) is 0 Å². The molecular formula is C23H25N3O4. The fraction of sp³-hybridized carbons (Fsp3) is 0.217. The van der Waals surface area contributed by atoms with Gasteiger partial charge in [-0.25, -0.2) is 4.98 Å². The molecule has 0 saturated heterocycles. The second kappa shape index (κ2) is 9.65. The molecule has 0 saturated carbocycles. The van der Waals surface area contributed by atoms with Gasteiger partial charge in [0.05, 0.1) is 21.3 Å². The molecule has 1 aromatic heterocycles. The predicted molar refractivity (Wildman–Crippen MR) is 115 cm³/mol. The van der Waals surface area contributed by atoms with Gasteiger partial charge in [-0.3, -0.25) is 4.79 Å². The first-order valence-electron chi connectivity index (χ1n) is 9.37. The number of ether oxygens (including phenoxy) is 3. The first-order chi connectivity index (χ1) is 14.5. The van der Waals surface area contributed by atoms with Crippen LogP contribution in [0.2, 0.25) is 0 Å². The Morgan fingerprint density at radius 2 is 1.83 bits per heavy atom. The van der Waals surface area contributed by atoms with Gasteiger partial charge in [0.1, 0.15) is 29.1 Å². The Balaban J connectivity index is 1.87. The summed E-state index contributed by atoms with van der Waals surface area (Å²) in [4.78, 5) is 17.2. The van der Waals surface area contributed by atoms with E-state index in [-0.39, 0.29) is 5.91 Å². The van der Waals surface area contributed by atoms with Crippen molar-refractivity contribution >= 4 is 12.0 Å². The van der Waals surface area contributed by atoms with Crippen LogP contribution in [-0.2, 0) is 11.8 Å². The fourth-order valence-electron chi connectivity index (χ4n) is 3.10. The summed E-state index contributed by atoms with van der Waals surface area (Å²) >= 11 is 0. The number of imidazole rings is 1. The van der Waals surface area contributed by atoms with Gasteiger partial charge in [-0.1, -0.05) is 12.1 Å². The lowest BCUT2D eigenvalue weighted by Crippen LogP contribution is -2.29. The second-order valence-electron chi connectivity index (χ2n) is 6.56. The largest absolute Gasteiger partial charge is 0.497 e. The fourth-order valence-corrected chi connectivity index (χ4v) is 3.10. The Morgan fingerprint density at radius 3 is 2.50 bits per heavy atom. The summed E-state index contributed by atoms with van der Waals surface area (Å²) < 4.78 is 17.8. The van der Waals surface area contributed by atoms with Crippen molar-refractivity contribution in [2.45, 2.75) is 6.04 Å². The highest BCUT2D eigenvalue weighted by Crippen LogP contribution is 2.26. The van der Waals surface area contributed by atoms with Crippen molar-refractivity contribution in [2.24, 2.45) is 7.05 Å². The number of nitrogens with one attached hydrogen (secondary N) is 1. The summed E-state index contributed by atoms with van der Waals surface area (Å²) in [6.07, 6.45) is 6.70. The van der Waals surface area contributed by atoms with Crippen LogP contribution in [0.25, 0.3) is 6.08 Å². The van der Waals surface area contributed by atoms with Gasteiger partial charge in [-0.15, -0.1) is 0 Å². The molecule has 0 aliphatic carbocycles. The van der Waals surface area contributed by atoms with Crippen LogP contribution in [0.1, 0.15) is 23.0 Å². The number of nitrogens with zero attached hydrogens (tertiary/aromatic N) is 2. The van der Waals surface area contributed by atoms with Crippen LogP contribution in [-0.4, -0.2) is 36.8 Å². The Labute approximate surface area is 175 Å². The van der Waals surface area contributed by atoms with Gasteiger partial charge in [0, 0.05) is 31.1 Å². The lowest BCUT2D eigenvalue weighted by molar-refractivity contribution is -0.117. The Hall–Kier alpha value is -3.74. The van der Waals surface area contributed by atoms with Gasteiger partial charge >= 0.3 is 0 Å². The number of carbonyl (C=O) groups excluding carboxylic acids is 1. The number of aromatic nitrogens is 2. The first-order valence-corrected chi connectivity index (χ1v) is 9.37. The van der Waals surface area contributed by atoms with Crippen molar-refractivity contribution in [3.05, 3.63) is 77.9 Å². The van der Waals surface area contributed by atoms with Gasteiger partial charge < -0.3 is 24.1 Å². The second-order valence-corrected chi connectivity index (χ2v) is 6.56. The number of hydrogen-bond donors (Lipinski definition) is 1. The van der Waals surface area contributed by atoms with Crippen LogP contribution >= 0.6 is 0 Å². The highest BCUT2D eigenvalue weighted by Gasteiger charge is 2.20. The van der Waals surface area contributed by atoms with Crippen molar-refractivity contribution in [3.63, 3.8) is 0 Å². The lowest BCUT2D eigenvalue weighted by Gasteiger charge is -2.19. The van der Waals surface area contributed by atoms with Crippen LogP contribution in [0.3, 0.4) is 0 Å². The zero-order valence-electron chi connectivity index (χ0n) is 17.5. The molecule has 156 valence electrons. The van der Waals surface area contributed by atoms with Crippen LogP contribution in [0, 0.1) is 0 Å². The van der Waals surface area contributed by atoms with Gasteiger partial charge in [0.2, 0.25) is 5.91 Å². The van der Waals surface area contributed by atoms with E-state index in [0.29, 0.717) is 23.1 Å². The van der Waals surface area contributed by atoms with Crippen molar-refractivity contribution in [2.75, 3.05) is 21.3 Å². The van der Waals surface area contributed by atoms with E-state index in [2.05, 4.69) is 10.3 Å². The molecule has 1 unspecified atom stereocenters. The molecule has 1 amide bonds. The molecule has 0 spiro atoms. The minimum absolute atomic E-state index is 0.268. The van der Waals surface area contributed by atoms with Crippen molar-refractivity contribution < 1.29 is 19.0 Å². The summed E-state index contributed by atoms with van der Waals surface area (Å²) in [5, 5.41) is 3.03. The third-order valence-electron chi connectivity index (χ3n) is 4.68. The first kappa shape index (κ1) is 21.0. The molecule has 7 heteroatoms. The van der Waals surface area contributed by atoms with Crippen LogP contribution < -0.4 is 19.5 Å². The maximum Gasteiger partial charge on any atom is 0.244 e. The van der Waals surface area contributed by atoms with Crippen LogP contribution in [0.5, 0.6) is 17.2 Å². The van der Waals surface area contributed by atoms with Crippen LogP contribution in [0.4, 0.5) is 0 Å². The van der Waals surface area contributed by atoms with E-state index < -0.39 is 6.04 Å². The number of rotatable bonds is 8. The van der Waals surface area contributed by atoms with Crippen LogP contribution in [0.15, 0.2) is 60.9 Å². The SMILES string of the molecule is COc1cccc(C(NC(=O)/C=C/c2cc(OC)ccc2OC)c2nccn2C)c1. The third-order valence-corrected chi connectivity index (χ3v) is 4.68. The maximum absolute atomic E-state index is 12.8. The average Bonchev–Trinajstić information content (AvgIpc) is 3.21. The normalized spacial score (nSPS) is 11.9. The minimum atomic E-state index is -0.440. The molecule has 30 heavy (non-hydrogen) atoms. The van der Waals surface area contributed by atoms with Crippen molar-refractivity contribution in [1.82, 2.24) is 14.9 Å². The molecule has 3 rings (SSSR count). The topological polar surface area (TPSA) is 74.6 Å². The van der Waals surface area contributed by atoms with Crippen molar-refractivity contribution in [3.8, 4) is 17.2 Å². The highest BCUT2D eigenvalue weighted by molar-refractivity contribution is 5.92. The Bertz CT molecular complexity index is 1040. The standard InChI is InChI=1S/C23H25N3O4/c1-26-13-12-24-23(26)22(17-6-5-7-18(15-17)28-2)25-21(27)11-8-16-14-19(29-3)9-10-20(16)30-4/h5-15,22H,1-4H3,(H,25,27)/b11-8+. The molecule has 0 fully saturated rings. The smallest absolute Gasteiger partial charge is 0.244 e. The molecule has 0 radical (unpaired) electrons. The molecule has 0 aliphatic rings. The zero-order valence-corrected chi connectivity index (χ0v) is 17.5. The number of amides is 1. The van der Waals surface area contributed by atoms with Gasteiger partial charge in [-0.2, -0.15) is 0 Å². The summed E-state index contributed by atoms with van der Waals surface area (Å²) in [6, 6.07) is 12.5. The van der Waals surface area contributed by atoms with Gasteiger partial charge in [-0.05, 0) is 42.0 Å². The number of carbonyl (C=O) groups is 1. The Kier molecular flexibility index (Phi) is 6.75.